The fraction of sp³-hybridized carbons (Fsp3) is 0.429. The van der Waals surface area contributed by atoms with Crippen LogP contribution in [-0.2, 0) is 9.84 Å². The smallest absolute Gasteiger partial charge is 0.173 e. The Morgan fingerprint density at radius 1 is 1.45 bits per heavy atom. The summed E-state index contributed by atoms with van der Waals surface area (Å²) in [4.78, 5) is 0. The first kappa shape index (κ1) is 15.0. The zero-order valence-corrected chi connectivity index (χ0v) is 12.1. The summed E-state index contributed by atoms with van der Waals surface area (Å²) in [7, 11) is -3.06. The molecule has 20 heavy (non-hydrogen) atoms. The molecule has 0 fully saturated rings. The number of sulfone groups is 1. The maximum Gasteiger partial charge on any atom is 0.173 e. The minimum absolute atomic E-state index is 0.0539. The molecule has 0 saturated heterocycles. The maximum atomic E-state index is 11.2. The second kappa shape index (κ2) is 6.39. The van der Waals surface area contributed by atoms with Crippen LogP contribution in [0.4, 0.5) is 0 Å². The molecule has 2 atom stereocenters. The Morgan fingerprint density at radius 3 is 2.85 bits per heavy atom. The van der Waals surface area contributed by atoms with Crippen molar-refractivity contribution >= 4 is 9.84 Å². The van der Waals surface area contributed by atoms with Gasteiger partial charge in [0.05, 0.1) is 5.75 Å². The first-order chi connectivity index (χ1) is 9.46. The van der Waals surface area contributed by atoms with Crippen molar-refractivity contribution in [2.45, 2.75) is 19.1 Å². The number of aliphatic hydroxyl groups excluding tert-OH is 1. The summed E-state index contributed by atoms with van der Waals surface area (Å²) in [5, 5.41) is 14.0. The van der Waals surface area contributed by atoms with Crippen LogP contribution in [0.25, 0.3) is 0 Å². The highest BCUT2D eigenvalue weighted by Gasteiger charge is 2.21. The Balaban J connectivity index is 1.73. The van der Waals surface area contributed by atoms with Crippen LogP contribution in [0.1, 0.15) is 5.56 Å². The number of rotatable bonds is 6. The molecule has 0 aromatic heterocycles. The molecule has 1 aromatic carbocycles. The van der Waals surface area contributed by atoms with Gasteiger partial charge in [0, 0.05) is 18.0 Å². The lowest BCUT2D eigenvalue weighted by Crippen LogP contribution is -2.38. The van der Waals surface area contributed by atoms with E-state index < -0.39 is 15.9 Å². The van der Waals surface area contributed by atoms with Gasteiger partial charge in [0.15, 0.2) is 9.84 Å². The molecule has 2 unspecified atom stereocenters. The van der Waals surface area contributed by atoms with Gasteiger partial charge >= 0.3 is 0 Å². The number of aliphatic hydroxyl groups is 1. The van der Waals surface area contributed by atoms with Gasteiger partial charge in [-0.05, 0) is 18.6 Å². The number of nitrogens with one attached hydrogen (secondary N) is 1. The van der Waals surface area contributed by atoms with Gasteiger partial charge in [-0.3, -0.25) is 0 Å². The summed E-state index contributed by atoms with van der Waals surface area (Å²) < 4.78 is 28.0. The standard InChI is InChI=1S/C14H19NO4S/c1-11-4-2-3-5-14(11)19-9-13(16)8-15-12-6-7-20(17,18)10-12/h2-7,12-13,15-16H,8-10H2,1H3. The van der Waals surface area contributed by atoms with Crippen molar-refractivity contribution in [3.05, 3.63) is 41.3 Å². The van der Waals surface area contributed by atoms with Gasteiger partial charge in [0.2, 0.25) is 0 Å². The molecule has 0 radical (unpaired) electrons. The molecular weight excluding hydrogens is 278 g/mol. The molecule has 0 saturated carbocycles. The van der Waals surface area contributed by atoms with E-state index in [9.17, 15) is 13.5 Å². The fourth-order valence-corrected chi connectivity index (χ4v) is 3.22. The Bertz CT molecular complexity index is 583. The molecule has 2 rings (SSSR count). The highest BCUT2D eigenvalue weighted by molar-refractivity contribution is 7.94. The molecule has 0 aliphatic carbocycles. The lowest BCUT2D eigenvalue weighted by Gasteiger charge is -2.16. The van der Waals surface area contributed by atoms with Crippen LogP contribution in [0.5, 0.6) is 5.75 Å². The van der Waals surface area contributed by atoms with E-state index in [1.165, 1.54) is 5.41 Å². The molecule has 1 aliphatic rings. The van der Waals surface area contributed by atoms with Crippen molar-refractivity contribution in [2.24, 2.45) is 0 Å². The molecule has 1 aromatic rings. The lowest BCUT2D eigenvalue weighted by molar-refractivity contribution is 0.105. The number of benzene rings is 1. The van der Waals surface area contributed by atoms with Crippen LogP contribution in [-0.4, -0.2) is 44.6 Å². The normalized spacial score (nSPS) is 21.8. The SMILES string of the molecule is Cc1ccccc1OCC(O)CNC1C=CS(=O)(=O)C1. The fourth-order valence-electron chi connectivity index (χ4n) is 1.95. The molecule has 1 heterocycles. The van der Waals surface area contributed by atoms with E-state index in [-0.39, 0.29) is 24.9 Å². The summed E-state index contributed by atoms with van der Waals surface area (Å²) in [6.07, 6.45) is 0.913. The monoisotopic (exact) mass is 297 g/mol. The number of hydrogen-bond acceptors (Lipinski definition) is 5. The minimum Gasteiger partial charge on any atom is -0.491 e. The number of aryl methyl sites for hydroxylation is 1. The Hall–Kier alpha value is -1.37. The topological polar surface area (TPSA) is 75.6 Å². The Labute approximate surface area is 119 Å². The highest BCUT2D eigenvalue weighted by atomic mass is 32.2. The predicted molar refractivity (Wildman–Crippen MR) is 77.4 cm³/mol. The van der Waals surface area contributed by atoms with Crippen molar-refractivity contribution in [1.82, 2.24) is 5.32 Å². The van der Waals surface area contributed by atoms with E-state index in [4.69, 9.17) is 4.74 Å². The number of para-hydroxylation sites is 1. The van der Waals surface area contributed by atoms with Gasteiger partial charge in [0.25, 0.3) is 0 Å². The van der Waals surface area contributed by atoms with Gasteiger partial charge in [-0.1, -0.05) is 24.3 Å². The predicted octanol–water partition coefficient (Wildman–Crippen LogP) is 0.635. The van der Waals surface area contributed by atoms with Crippen molar-refractivity contribution < 1.29 is 18.3 Å². The van der Waals surface area contributed by atoms with Crippen molar-refractivity contribution in [3.8, 4) is 5.75 Å². The lowest BCUT2D eigenvalue weighted by atomic mass is 10.2. The van der Waals surface area contributed by atoms with Crippen LogP contribution < -0.4 is 10.1 Å². The van der Waals surface area contributed by atoms with Crippen LogP contribution >= 0.6 is 0 Å². The third-order valence-corrected chi connectivity index (χ3v) is 4.47. The average molecular weight is 297 g/mol. The third kappa shape index (κ3) is 4.33. The van der Waals surface area contributed by atoms with E-state index in [0.29, 0.717) is 0 Å². The van der Waals surface area contributed by atoms with E-state index in [0.717, 1.165) is 11.3 Å². The van der Waals surface area contributed by atoms with Gasteiger partial charge in [-0.15, -0.1) is 0 Å². The van der Waals surface area contributed by atoms with Gasteiger partial charge < -0.3 is 15.2 Å². The Morgan fingerprint density at radius 2 is 2.20 bits per heavy atom. The summed E-state index contributed by atoms with van der Waals surface area (Å²) in [6, 6.07) is 7.36. The van der Waals surface area contributed by atoms with Gasteiger partial charge in [-0.2, -0.15) is 0 Å². The highest BCUT2D eigenvalue weighted by Crippen LogP contribution is 2.16. The van der Waals surface area contributed by atoms with Crippen LogP contribution in [0.15, 0.2) is 35.7 Å². The summed E-state index contributed by atoms with van der Waals surface area (Å²) in [5.74, 6) is 0.799. The zero-order valence-electron chi connectivity index (χ0n) is 11.3. The first-order valence-corrected chi connectivity index (χ1v) is 8.19. The number of hydrogen-bond donors (Lipinski definition) is 2. The van der Waals surface area contributed by atoms with Crippen LogP contribution in [0.3, 0.4) is 0 Å². The van der Waals surface area contributed by atoms with Gasteiger partial charge in [0.1, 0.15) is 18.5 Å². The van der Waals surface area contributed by atoms with Crippen LogP contribution in [0.2, 0.25) is 0 Å². The molecule has 1 aliphatic heterocycles. The largest absolute Gasteiger partial charge is 0.491 e. The average Bonchev–Trinajstić information content (AvgIpc) is 2.75. The maximum absolute atomic E-state index is 11.2. The molecule has 5 nitrogen and oxygen atoms in total. The first-order valence-electron chi connectivity index (χ1n) is 6.47. The van der Waals surface area contributed by atoms with Gasteiger partial charge in [-0.25, -0.2) is 8.42 Å². The van der Waals surface area contributed by atoms with Crippen molar-refractivity contribution in [3.63, 3.8) is 0 Å². The van der Waals surface area contributed by atoms with E-state index in [2.05, 4.69) is 5.32 Å². The molecule has 6 heteroatoms. The second-order valence-electron chi connectivity index (χ2n) is 4.90. The van der Waals surface area contributed by atoms with Crippen LogP contribution in [0, 0.1) is 6.92 Å². The molecule has 0 bridgehead atoms. The zero-order chi connectivity index (χ0) is 14.6. The quantitative estimate of drug-likeness (QED) is 0.806. The van der Waals surface area contributed by atoms with Crippen molar-refractivity contribution in [2.75, 3.05) is 18.9 Å². The van der Waals surface area contributed by atoms with E-state index >= 15 is 0 Å². The molecular formula is C14H19NO4S. The molecule has 0 spiro atoms. The second-order valence-corrected chi connectivity index (χ2v) is 6.83. The summed E-state index contributed by atoms with van der Waals surface area (Å²) in [5.41, 5.74) is 1.01. The molecule has 110 valence electrons. The third-order valence-electron chi connectivity index (χ3n) is 3.07. The Kier molecular flexibility index (Phi) is 4.80. The number of ether oxygens (including phenoxy) is 1. The summed E-state index contributed by atoms with van der Waals surface area (Å²) in [6.45, 7) is 2.39. The minimum atomic E-state index is -3.06. The van der Waals surface area contributed by atoms with E-state index in [1.54, 1.807) is 6.08 Å². The van der Waals surface area contributed by atoms with E-state index in [1.807, 2.05) is 31.2 Å². The van der Waals surface area contributed by atoms with Crippen molar-refractivity contribution in [1.29, 1.82) is 0 Å². The summed E-state index contributed by atoms with van der Waals surface area (Å²) >= 11 is 0. The molecule has 2 N–H and O–H groups in total. The molecule has 0 amide bonds.